The van der Waals surface area contributed by atoms with Crippen molar-refractivity contribution in [1.82, 2.24) is 48.5 Å². The number of amides is 2. The number of carbonyl (C=O) groups excluding carboxylic acids is 2. The molecule has 0 saturated carbocycles. The van der Waals surface area contributed by atoms with Gasteiger partial charge in [0.05, 0.1) is 86.5 Å². The molecule has 284 valence electrons. The summed E-state index contributed by atoms with van der Waals surface area (Å²) in [6.45, 7) is 10.0. The highest BCUT2D eigenvalue weighted by atomic mass is 16.6. The van der Waals surface area contributed by atoms with Crippen molar-refractivity contribution >= 4 is 45.2 Å². The summed E-state index contributed by atoms with van der Waals surface area (Å²) in [6, 6.07) is 4.04. The number of hydrogen-bond donors (Lipinski definition) is 2. The SMILES string of the molecule is C[C@@H]1CCN(C(=O)[C@@H]2COCCO2)C[C@@H]1c1ncc2cnc3[nH]ccc3n12.C[C@@H]1CCN(C(=O)[C@H]2COCCO2)C[C@@H]1c1ncc2cnc3[nH]ccc3n12. The zero-order valence-corrected chi connectivity index (χ0v) is 30.6. The second kappa shape index (κ2) is 14.7. The third-order valence-corrected chi connectivity index (χ3v) is 11.6. The molecular weight excluding hydrogens is 692 g/mol. The van der Waals surface area contributed by atoms with E-state index >= 15 is 0 Å². The minimum atomic E-state index is -0.481. The average molecular weight is 739 g/mol. The summed E-state index contributed by atoms with van der Waals surface area (Å²) < 4.78 is 26.4. The highest BCUT2D eigenvalue weighted by Gasteiger charge is 2.38. The molecule has 2 amide bonds. The van der Waals surface area contributed by atoms with Gasteiger partial charge >= 0.3 is 0 Å². The van der Waals surface area contributed by atoms with Gasteiger partial charge in [0.1, 0.15) is 11.6 Å². The number of piperidine rings is 2. The Morgan fingerprint density at radius 3 is 1.52 bits per heavy atom. The van der Waals surface area contributed by atoms with Gasteiger partial charge in [-0.2, -0.15) is 0 Å². The summed E-state index contributed by atoms with van der Waals surface area (Å²) >= 11 is 0. The summed E-state index contributed by atoms with van der Waals surface area (Å²) in [5, 5.41) is 0. The van der Waals surface area contributed by atoms with Crippen molar-refractivity contribution < 1.29 is 28.5 Å². The molecule has 0 radical (unpaired) electrons. The Morgan fingerprint density at radius 2 is 1.09 bits per heavy atom. The van der Waals surface area contributed by atoms with Crippen molar-refractivity contribution in [2.24, 2.45) is 11.8 Å². The van der Waals surface area contributed by atoms with Crippen LogP contribution in [0.25, 0.3) is 33.4 Å². The number of nitrogens with zero attached hydrogens (tertiary/aromatic N) is 8. The first-order valence-corrected chi connectivity index (χ1v) is 19.0. The quantitative estimate of drug-likeness (QED) is 0.274. The predicted octanol–water partition coefficient (Wildman–Crippen LogP) is 3.16. The van der Waals surface area contributed by atoms with Crippen molar-refractivity contribution in [1.29, 1.82) is 0 Å². The van der Waals surface area contributed by atoms with Gasteiger partial charge in [-0.15, -0.1) is 0 Å². The molecule has 4 saturated heterocycles. The Morgan fingerprint density at radius 1 is 0.648 bits per heavy atom. The first kappa shape index (κ1) is 34.8. The molecule has 10 heterocycles. The molecule has 4 fully saturated rings. The number of nitrogens with one attached hydrogen (secondary N) is 2. The number of imidazole rings is 2. The highest BCUT2D eigenvalue weighted by Crippen LogP contribution is 2.35. The standard InChI is InChI=1S/2C19H23N5O3/c2*1-12-3-5-23(19(25)16-11-26-6-7-27-16)10-14(12)18-22-9-13-8-21-17-15(24(13)18)2-4-20-17/h2*2,4,8-9,12,14,16,20H,3,5-7,10-11H2,1H3/t12-,14+,16+;12-,14+,16-/m11/s1. The first-order chi connectivity index (χ1) is 26.4. The molecule has 10 rings (SSSR count). The highest BCUT2D eigenvalue weighted by molar-refractivity contribution is 5.82. The van der Waals surface area contributed by atoms with E-state index in [0.717, 1.165) is 70.9 Å². The van der Waals surface area contributed by atoms with Gasteiger partial charge in [-0.25, -0.2) is 19.9 Å². The topological polar surface area (TPSA) is 170 Å². The lowest BCUT2D eigenvalue weighted by Crippen LogP contribution is -2.50. The third-order valence-electron chi connectivity index (χ3n) is 11.6. The number of H-pyrrole nitrogens is 2. The van der Waals surface area contributed by atoms with Crippen LogP contribution in [0.3, 0.4) is 0 Å². The Bertz CT molecular complexity index is 2110. The molecule has 0 aliphatic carbocycles. The number of aromatic nitrogens is 8. The fourth-order valence-electron chi connectivity index (χ4n) is 8.40. The number of fused-ring (bicyclic) bond motifs is 6. The summed E-state index contributed by atoms with van der Waals surface area (Å²) in [6.07, 6.45) is 12.1. The monoisotopic (exact) mass is 738 g/mol. The van der Waals surface area contributed by atoms with Crippen LogP contribution in [0.4, 0.5) is 0 Å². The molecule has 16 nitrogen and oxygen atoms in total. The van der Waals surface area contributed by atoms with E-state index in [1.165, 1.54) is 0 Å². The van der Waals surface area contributed by atoms with Crippen molar-refractivity contribution in [3.63, 3.8) is 0 Å². The lowest BCUT2D eigenvalue weighted by molar-refractivity contribution is -0.160. The number of likely N-dealkylation sites (tertiary alicyclic amines) is 2. The fourth-order valence-corrected chi connectivity index (χ4v) is 8.40. The maximum atomic E-state index is 12.9. The van der Waals surface area contributed by atoms with Crippen molar-refractivity contribution in [3.05, 3.63) is 61.0 Å². The number of ether oxygens (including phenoxy) is 4. The predicted molar refractivity (Wildman–Crippen MR) is 197 cm³/mol. The molecule has 4 aliphatic heterocycles. The molecule has 6 aromatic heterocycles. The molecule has 0 aromatic carbocycles. The van der Waals surface area contributed by atoms with Crippen LogP contribution in [-0.4, -0.2) is 138 Å². The van der Waals surface area contributed by atoms with Gasteiger partial charge in [-0.3, -0.25) is 18.4 Å². The van der Waals surface area contributed by atoms with Crippen LogP contribution in [0, 0.1) is 11.8 Å². The summed E-state index contributed by atoms with van der Waals surface area (Å²) in [4.78, 5) is 54.2. The van der Waals surface area contributed by atoms with Gasteiger partial charge in [-0.1, -0.05) is 13.8 Å². The van der Waals surface area contributed by atoms with Crippen LogP contribution in [-0.2, 0) is 28.5 Å². The van der Waals surface area contributed by atoms with Crippen molar-refractivity contribution in [2.45, 2.75) is 50.7 Å². The molecule has 2 N–H and O–H groups in total. The van der Waals surface area contributed by atoms with Gasteiger partial charge in [0.2, 0.25) is 0 Å². The zero-order chi connectivity index (χ0) is 36.8. The number of carbonyl (C=O) groups is 2. The Balaban J connectivity index is 0.000000142. The van der Waals surface area contributed by atoms with E-state index in [4.69, 9.17) is 28.9 Å². The number of hydrogen-bond acceptors (Lipinski definition) is 10. The lowest BCUT2D eigenvalue weighted by atomic mass is 9.86. The fraction of sp³-hybridized carbons (Fsp3) is 0.526. The van der Waals surface area contributed by atoms with E-state index in [-0.39, 0.29) is 23.7 Å². The van der Waals surface area contributed by atoms with E-state index in [9.17, 15) is 9.59 Å². The van der Waals surface area contributed by atoms with Crippen LogP contribution >= 0.6 is 0 Å². The van der Waals surface area contributed by atoms with Crippen LogP contribution < -0.4 is 0 Å². The molecule has 54 heavy (non-hydrogen) atoms. The van der Waals surface area contributed by atoms with Gasteiger partial charge in [0.15, 0.2) is 23.5 Å². The number of aromatic amines is 2. The molecule has 0 bridgehead atoms. The van der Waals surface area contributed by atoms with E-state index in [0.29, 0.717) is 64.6 Å². The molecule has 6 atom stereocenters. The molecule has 0 spiro atoms. The van der Waals surface area contributed by atoms with Crippen LogP contribution in [0.15, 0.2) is 49.3 Å². The lowest BCUT2D eigenvalue weighted by Gasteiger charge is -2.38. The molecule has 6 aromatic rings. The zero-order valence-electron chi connectivity index (χ0n) is 30.6. The normalized spacial score (nSPS) is 26.7. The van der Waals surface area contributed by atoms with Crippen molar-refractivity contribution in [2.75, 3.05) is 65.8 Å². The maximum absolute atomic E-state index is 12.9. The summed E-state index contributed by atoms with van der Waals surface area (Å²) in [7, 11) is 0. The minimum absolute atomic E-state index is 0.0286. The van der Waals surface area contributed by atoms with E-state index in [1.807, 2.05) is 59.1 Å². The average Bonchev–Trinajstić information content (AvgIpc) is 4.04. The smallest absolute Gasteiger partial charge is 0.254 e. The minimum Gasteiger partial charge on any atom is -0.376 e. The molecule has 0 unspecified atom stereocenters. The van der Waals surface area contributed by atoms with Gasteiger partial charge in [0, 0.05) is 50.4 Å². The van der Waals surface area contributed by atoms with E-state index in [2.05, 4.69) is 42.6 Å². The van der Waals surface area contributed by atoms with Crippen molar-refractivity contribution in [3.8, 4) is 0 Å². The Kier molecular flexibility index (Phi) is 9.51. The third kappa shape index (κ3) is 6.40. The maximum Gasteiger partial charge on any atom is 0.254 e. The van der Waals surface area contributed by atoms with Gasteiger partial charge < -0.3 is 38.7 Å². The second-order valence-electron chi connectivity index (χ2n) is 14.9. The molecule has 4 aliphatic rings. The first-order valence-electron chi connectivity index (χ1n) is 19.0. The molecule has 16 heteroatoms. The number of rotatable bonds is 4. The Labute approximate surface area is 311 Å². The summed E-state index contributed by atoms with van der Waals surface area (Å²) in [5.41, 5.74) is 5.64. The largest absolute Gasteiger partial charge is 0.376 e. The summed E-state index contributed by atoms with van der Waals surface area (Å²) in [5.74, 6) is 3.23. The van der Waals surface area contributed by atoms with Crippen LogP contribution in [0.2, 0.25) is 0 Å². The molecular formula is C38H46N10O6. The van der Waals surface area contributed by atoms with E-state index < -0.39 is 12.2 Å². The Hall–Kier alpha value is -4.90. The van der Waals surface area contributed by atoms with Gasteiger partial charge in [-0.05, 0) is 36.8 Å². The van der Waals surface area contributed by atoms with E-state index in [1.54, 1.807) is 0 Å². The van der Waals surface area contributed by atoms with Crippen LogP contribution in [0.1, 0.15) is 50.2 Å². The van der Waals surface area contributed by atoms with Crippen LogP contribution in [0.5, 0.6) is 0 Å². The second-order valence-corrected chi connectivity index (χ2v) is 14.9. The van der Waals surface area contributed by atoms with Gasteiger partial charge in [0.25, 0.3) is 11.8 Å².